The van der Waals surface area contributed by atoms with Crippen molar-refractivity contribution in [3.63, 3.8) is 0 Å². The molecule has 1 aliphatic rings. The van der Waals surface area contributed by atoms with Crippen LogP contribution < -0.4 is 5.73 Å². The van der Waals surface area contributed by atoms with Crippen molar-refractivity contribution in [1.82, 2.24) is 4.31 Å². The summed E-state index contributed by atoms with van der Waals surface area (Å²) in [5.74, 6) is -1.36. The number of sulfonamides is 1. The molecule has 1 amide bonds. The molecule has 0 bridgehead atoms. The third kappa shape index (κ3) is 4.68. The lowest BCUT2D eigenvalue weighted by Crippen LogP contribution is -2.40. The Morgan fingerprint density at radius 2 is 1.96 bits per heavy atom. The van der Waals surface area contributed by atoms with E-state index in [2.05, 4.69) is 0 Å². The van der Waals surface area contributed by atoms with E-state index in [4.69, 9.17) is 17.3 Å². The van der Waals surface area contributed by atoms with Gasteiger partial charge < -0.3 is 5.73 Å². The Bertz CT molecular complexity index is 691. The molecule has 2 rings (SSSR count). The molecular formula is C16H22ClFN2O3S. The summed E-state index contributed by atoms with van der Waals surface area (Å²) < 4.78 is 40.6. The third-order valence-corrected chi connectivity index (χ3v) is 6.53. The summed E-state index contributed by atoms with van der Waals surface area (Å²) in [5, 5.41) is -0.276. The molecule has 1 aromatic carbocycles. The Labute approximate surface area is 147 Å². The second kappa shape index (κ2) is 8.27. The molecule has 0 heterocycles. The minimum absolute atomic E-state index is 0.141. The molecule has 5 nitrogen and oxygen atoms in total. The largest absolute Gasteiger partial charge is 0.369 e. The summed E-state index contributed by atoms with van der Waals surface area (Å²) >= 11 is 5.68. The molecule has 134 valence electrons. The lowest BCUT2D eigenvalue weighted by Gasteiger charge is -2.26. The molecule has 8 heteroatoms. The summed E-state index contributed by atoms with van der Waals surface area (Å²) in [6.45, 7) is -0.330. The van der Waals surface area contributed by atoms with E-state index >= 15 is 0 Å². The highest BCUT2D eigenvalue weighted by Crippen LogP contribution is 2.28. The second-order valence-corrected chi connectivity index (χ2v) is 8.46. The maximum absolute atomic E-state index is 14.1. The van der Waals surface area contributed by atoms with Crippen LogP contribution in [-0.2, 0) is 14.8 Å². The predicted molar refractivity (Wildman–Crippen MR) is 90.6 cm³/mol. The number of carbonyl (C=O) groups is 1. The molecule has 0 saturated heterocycles. The molecule has 1 aliphatic carbocycles. The zero-order valence-electron chi connectivity index (χ0n) is 13.4. The Hall–Kier alpha value is -1.18. The molecule has 0 unspecified atom stereocenters. The number of rotatable bonds is 7. The maximum atomic E-state index is 14.1. The van der Waals surface area contributed by atoms with Crippen LogP contribution in [0.2, 0.25) is 5.02 Å². The van der Waals surface area contributed by atoms with Crippen molar-refractivity contribution in [2.75, 3.05) is 13.1 Å². The molecule has 1 saturated carbocycles. The first-order valence-corrected chi connectivity index (χ1v) is 9.86. The highest BCUT2D eigenvalue weighted by atomic mass is 35.5. The van der Waals surface area contributed by atoms with Crippen molar-refractivity contribution < 1.29 is 17.6 Å². The zero-order valence-corrected chi connectivity index (χ0v) is 15.0. The fourth-order valence-electron chi connectivity index (χ4n) is 3.08. The van der Waals surface area contributed by atoms with Gasteiger partial charge in [-0.1, -0.05) is 49.8 Å². The molecule has 1 aromatic rings. The first-order valence-electron chi connectivity index (χ1n) is 8.05. The topological polar surface area (TPSA) is 80.5 Å². The zero-order chi connectivity index (χ0) is 17.7. The standard InChI is InChI=1S/C16H22ClFN2O3S/c17-13-7-4-8-14(16(13)18)24(22,23)20(11-15(19)21)10-9-12-5-2-1-3-6-12/h4,7-8,12H,1-3,5-6,9-11H2,(H2,19,21). The Morgan fingerprint density at radius 1 is 1.29 bits per heavy atom. The first-order chi connectivity index (χ1) is 11.3. The molecule has 24 heavy (non-hydrogen) atoms. The van der Waals surface area contributed by atoms with Gasteiger partial charge in [-0.3, -0.25) is 4.79 Å². The minimum atomic E-state index is -4.18. The fraction of sp³-hybridized carbons (Fsp3) is 0.562. The summed E-state index contributed by atoms with van der Waals surface area (Å²) in [6.07, 6.45) is 6.21. The smallest absolute Gasteiger partial charge is 0.246 e. The molecule has 0 aliphatic heterocycles. The van der Waals surface area contributed by atoms with Gasteiger partial charge in [0.15, 0.2) is 5.82 Å². The van der Waals surface area contributed by atoms with E-state index in [0.717, 1.165) is 36.1 Å². The van der Waals surface area contributed by atoms with E-state index < -0.39 is 33.2 Å². The number of nitrogens with two attached hydrogens (primary N) is 1. The number of benzene rings is 1. The van der Waals surface area contributed by atoms with E-state index in [0.29, 0.717) is 12.3 Å². The number of amides is 1. The van der Waals surface area contributed by atoms with Crippen molar-refractivity contribution in [2.24, 2.45) is 11.7 Å². The van der Waals surface area contributed by atoms with E-state index in [1.807, 2.05) is 0 Å². The monoisotopic (exact) mass is 376 g/mol. The van der Waals surface area contributed by atoms with Crippen molar-refractivity contribution in [2.45, 2.75) is 43.4 Å². The summed E-state index contributed by atoms with van der Waals surface area (Å²) in [6, 6.07) is 3.78. The van der Waals surface area contributed by atoms with Gasteiger partial charge in [-0.2, -0.15) is 4.31 Å². The van der Waals surface area contributed by atoms with E-state index in [1.54, 1.807) is 0 Å². The number of hydrogen-bond acceptors (Lipinski definition) is 3. The quantitative estimate of drug-likeness (QED) is 0.794. The van der Waals surface area contributed by atoms with Crippen LogP contribution in [0.3, 0.4) is 0 Å². The van der Waals surface area contributed by atoms with Crippen LogP contribution in [0.15, 0.2) is 23.1 Å². The highest BCUT2D eigenvalue weighted by molar-refractivity contribution is 7.89. The average Bonchev–Trinajstić information content (AvgIpc) is 2.54. The third-order valence-electron chi connectivity index (χ3n) is 4.38. The van der Waals surface area contributed by atoms with Crippen LogP contribution in [-0.4, -0.2) is 31.7 Å². The van der Waals surface area contributed by atoms with Crippen LogP contribution >= 0.6 is 11.6 Å². The number of nitrogens with zero attached hydrogens (tertiary/aromatic N) is 1. The van der Waals surface area contributed by atoms with Gasteiger partial charge in [0.1, 0.15) is 4.90 Å². The maximum Gasteiger partial charge on any atom is 0.246 e. The molecule has 0 spiro atoms. The van der Waals surface area contributed by atoms with Gasteiger partial charge in [-0.25, -0.2) is 12.8 Å². The lowest BCUT2D eigenvalue weighted by atomic mass is 9.87. The average molecular weight is 377 g/mol. The van der Waals surface area contributed by atoms with Gasteiger partial charge >= 0.3 is 0 Å². The molecule has 1 fully saturated rings. The Morgan fingerprint density at radius 3 is 2.58 bits per heavy atom. The van der Waals surface area contributed by atoms with Gasteiger partial charge in [-0.15, -0.1) is 0 Å². The van der Waals surface area contributed by atoms with Gasteiger partial charge in [-0.05, 0) is 24.5 Å². The van der Waals surface area contributed by atoms with E-state index in [1.165, 1.54) is 18.6 Å². The fourth-order valence-corrected chi connectivity index (χ4v) is 4.82. The van der Waals surface area contributed by atoms with Gasteiger partial charge in [0, 0.05) is 6.54 Å². The van der Waals surface area contributed by atoms with Gasteiger partial charge in [0.25, 0.3) is 0 Å². The first kappa shape index (κ1) is 19.1. The van der Waals surface area contributed by atoms with Crippen molar-refractivity contribution in [1.29, 1.82) is 0 Å². The Balaban J connectivity index is 2.21. The van der Waals surface area contributed by atoms with E-state index in [9.17, 15) is 17.6 Å². The summed E-state index contributed by atoms with van der Waals surface area (Å²) in [4.78, 5) is 10.8. The normalized spacial score (nSPS) is 16.5. The van der Waals surface area contributed by atoms with Crippen LogP contribution in [0.1, 0.15) is 38.5 Å². The second-order valence-electron chi connectivity index (χ2n) is 6.15. The molecule has 0 aromatic heterocycles. The summed E-state index contributed by atoms with van der Waals surface area (Å²) in [7, 11) is -4.18. The lowest BCUT2D eigenvalue weighted by molar-refractivity contribution is -0.118. The van der Waals surface area contributed by atoms with Crippen LogP contribution in [0, 0.1) is 11.7 Å². The SMILES string of the molecule is NC(=O)CN(CCC1CCCCC1)S(=O)(=O)c1cccc(Cl)c1F. The Kier molecular flexibility index (Phi) is 6.60. The van der Waals surface area contributed by atoms with Gasteiger partial charge in [0.05, 0.1) is 11.6 Å². The highest BCUT2D eigenvalue weighted by Gasteiger charge is 2.30. The van der Waals surface area contributed by atoms with Crippen molar-refractivity contribution in [3.8, 4) is 0 Å². The molecule has 0 atom stereocenters. The predicted octanol–water partition coefficient (Wildman–Crippen LogP) is 2.93. The number of primary amides is 1. The minimum Gasteiger partial charge on any atom is -0.369 e. The van der Waals surface area contributed by atoms with Gasteiger partial charge in [0.2, 0.25) is 15.9 Å². The number of hydrogen-bond donors (Lipinski definition) is 1. The summed E-state index contributed by atoms with van der Waals surface area (Å²) in [5.41, 5.74) is 5.18. The molecule has 2 N–H and O–H groups in total. The number of carbonyl (C=O) groups excluding carboxylic acids is 1. The van der Waals surface area contributed by atoms with E-state index in [-0.39, 0.29) is 11.6 Å². The van der Waals surface area contributed by atoms with Crippen LogP contribution in [0.25, 0.3) is 0 Å². The molecule has 0 radical (unpaired) electrons. The van der Waals surface area contributed by atoms with Crippen molar-refractivity contribution >= 4 is 27.5 Å². The van der Waals surface area contributed by atoms with Crippen molar-refractivity contribution in [3.05, 3.63) is 29.0 Å². The molecular weight excluding hydrogens is 355 g/mol. The number of halogens is 2. The van der Waals surface area contributed by atoms with Crippen LogP contribution in [0.4, 0.5) is 4.39 Å². The van der Waals surface area contributed by atoms with Crippen LogP contribution in [0.5, 0.6) is 0 Å².